The average molecular weight is 339 g/mol. The Labute approximate surface area is 135 Å². The smallest absolute Gasteiger partial charge is 0.341 e. The number of nitrogens with one attached hydrogen (secondary N) is 1. The first-order valence-electron chi connectivity index (χ1n) is 7.28. The molecule has 3 rings (SSSR count). The summed E-state index contributed by atoms with van der Waals surface area (Å²) in [4.78, 5) is 24.5. The van der Waals surface area contributed by atoms with Gasteiger partial charge in [0, 0.05) is 19.8 Å². The second-order valence-electron chi connectivity index (χ2n) is 6.11. The van der Waals surface area contributed by atoms with Crippen molar-refractivity contribution in [2.45, 2.75) is 25.9 Å². The molecule has 0 amide bonds. The summed E-state index contributed by atoms with van der Waals surface area (Å²) in [6.07, 6.45) is -4.66. The normalized spacial score (nSPS) is 16.4. The van der Waals surface area contributed by atoms with Crippen molar-refractivity contribution in [2.24, 2.45) is 14.1 Å². The molecule has 1 aliphatic heterocycles. The van der Waals surface area contributed by atoms with E-state index in [-0.39, 0.29) is 11.4 Å². The van der Waals surface area contributed by atoms with Crippen LogP contribution in [-0.2, 0) is 14.1 Å². The van der Waals surface area contributed by atoms with E-state index in [0.717, 1.165) is 4.57 Å². The molecule has 1 aliphatic rings. The maximum absolute atomic E-state index is 13.8. The van der Waals surface area contributed by atoms with E-state index in [4.69, 9.17) is 0 Å². The molecular weight excluding hydrogens is 323 g/mol. The Balaban J connectivity index is 2.48. The molecule has 24 heavy (non-hydrogen) atoms. The molecule has 0 unspecified atom stereocenters. The lowest BCUT2D eigenvalue weighted by Gasteiger charge is -2.32. The molecule has 128 valence electrons. The van der Waals surface area contributed by atoms with Crippen LogP contribution in [0.1, 0.15) is 28.2 Å². The van der Waals surface area contributed by atoms with Gasteiger partial charge < -0.3 is 5.32 Å². The zero-order chi connectivity index (χ0) is 18.0. The number of anilines is 2. The summed E-state index contributed by atoms with van der Waals surface area (Å²) in [6.45, 7) is 3.39. The number of rotatable bonds is 0. The zero-order valence-electron chi connectivity index (χ0n) is 13.6. The Bertz CT molecular complexity index is 970. The van der Waals surface area contributed by atoms with Crippen LogP contribution in [0.5, 0.6) is 0 Å². The molecule has 1 atom stereocenters. The van der Waals surface area contributed by atoms with E-state index >= 15 is 0 Å². The van der Waals surface area contributed by atoms with Crippen molar-refractivity contribution >= 4 is 11.5 Å². The molecule has 2 heterocycles. The number of hydrogen-bond acceptors (Lipinski definition) is 3. The molecular formula is C16H16F3N3O2. The van der Waals surface area contributed by atoms with Gasteiger partial charge in [0.25, 0.3) is 5.56 Å². The number of benzene rings is 1. The molecule has 0 spiro atoms. The van der Waals surface area contributed by atoms with Crippen LogP contribution in [0.15, 0.2) is 21.7 Å². The number of fused-ring (bicyclic) bond motifs is 2. The predicted molar refractivity (Wildman–Crippen MR) is 84.0 cm³/mol. The highest BCUT2D eigenvalue weighted by molar-refractivity contribution is 5.74. The Morgan fingerprint density at radius 1 is 1.08 bits per heavy atom. The van der Waals surface area contributed by atoms with Gasteiger partial charge in [0.05, 0.1) is 5.56 Å². The monoisotopic (exact) mass is 339 g/mol. The molecule has 1 aromatic carbocycles. The van der Waals surface area contributed by atoms with Crippen molar-refractivity contribution in [3.8, 4) is 0 Å². The van der Waals surface area contributed by atoms with Crippen molar-refractivity contribution < 1.29 is 13.2 Å². The van der Waals surface area contributed by atoms with Crippen LogP contribution in [0.4, 0.5) is 24.7 Å². The molecule has 0 aliphatic carbocycles. The van der Waals surface area contributed by atoms with Crippen LogP contribution in [0.3, 0.4) is 0 Å². The van der Waals surface area contributed by atoms with Crippen LogP contribution in [0.25, 0.3) is 0 Å². The Hall–Kier alpha value is -2.51. The van der Waals surface area contributed by atoms with Gasteiger partial charge in [-0.15, -0.1) is 0 Å². The molecule has 0 saturated carbocycles. The van der Waals surface area contributed by atoms with Gasteiger partial charge in [-0.25, -0.2) is 4.79 Å². The second-order valence-corrected chi connectivity index (χ2v) is 6.11. The van der Waals surface area contributed by atoms with Crippen molar-refractivity contribution in [3.63, 3.8) is 0 Å². The van der Waals surface area contributed by atoms with E-state index < -0.39 is 28.9 Å². The van der Waals surface area contributed by atoms with Crippen molar-refractivity contribution in [1.82, 2.24) is 9.13 Å². The molecule has 0 radical (unpaired) electrons. The van der Waals surface area contributed by atoms with E-state index in [1.165, 1.54) is 20.2 Å². The molecule has 1 N–H and O–H groups in total. The number of hydrogen-bond donors (Lipinski definition) is 1. The molecule has 1 aromatic heterocycles. The molecule has 0 fully saturated rings. The van der Waals surface area contributed by atoms with Crippen LogP contribution >= 0.6 is 0 Å². The van der Waals surface area contributed by atoms with Gasteiger partial charge >= 0.3 is 11.9 Å². The van der Waals surface area contributed by atoms with E-state index in [2.05, 4.69) is 5.32 Å². The maximum atomic E-state index is 13.8. The van der Waals surface area contributed by atoms with Crippen LogP contribution in [-0.4, -0.2) is 15.3 Å². The predicted octanol–water partition coefficient (Wildman–Crippen LogP) is 2.45. The number of alkyl halides is 3. The quantitative estimate of drug-likeness (QED) is 0.802. The minimum Gasteiger partial charge on any atom is -0.341 e. The highest BCUT2D eigenvalue weighted by Gasteiger charge is 2.48. The zero-order valence-corrected chi connectivity index (χ0v) is 13.6. The fraction of sp³-hybridized carbons (Fsp3) is 0.375. The maximum Gasteiger partial charge on any atom is 0.400 e. The lowest BCUT2D eigenvalue weighted by atomic mass is 9.85. The summed E-state index contributed by atoms with van der Waals surface area (Å²) in [5, 5.41) is 2.86. The first-order valence-corrected chi connectivity index (χ1v) is 7.28. The first kappa shape index (κ1) is 16.4. The average Bonchev–Trinajstić information content (AvgIpc) is 2.48. The topological polar surface area (TPSA) is 56.0 Å². The van der Waals surface area contributed by atoms with Crippen LogP contribution < -0.4 is 16.6 Å². The van der Waals surface area contributed by atoms with Gasteiger partial charge in [-0.3, -0.25) is 13.9 Å². The molecule has 2 aromatic rings. The third kappa shape index (κ3) is 2.16. The summed E-state index contributed by atoms with van der Waals surface area (Å²) in [5.74, 6) is -2.18. The SMILES string of the molecule is Cc1cc(C)c2c(c1)[C@H](C(F)(F)F)c1c(n(C)c(=O)n(C)c1=O)N2. The molecule has 8 heteroatoms. The second kappa shape index (κ2) is 4.99. The van der Waals surface area contributed by atoms with E-state index in [1.807, 2.05) is 0 Å². The summed E-state index contributed by atoms with van der Waals surface area (Å²) < 4.78 is 43.3. The summed E-state index contributed by atoms with van der Waals surface area (Å²) in [6, 6.07) is 3.18. The van der Waals surface area contributed by atoms with Gasteiger partial charge in [-0.2, -0.15) is 13.2 Å². The van der Waals surface area contributed by atoms with Gasteiger partial charge in [-0.1, -0.05) is 17.7 Å². The Morgan fingerprint density at radius 3 is 2.29 bits per heavy atom. The van der Waals surface area contributed by atoms with Crippen molar-refractivity contribution in [1.29, 1.82) is 0 Å². The Morgan fingerprint density at radius 2 is 1.71 bits per heavy atom. The third-order valence-corrected chi connectivity index (χ3v) is 4.38. The summed E-state index contributed by atoms with van der Waals surface area (Å²) in [5.41, 5.74) is -0.481. The number of nitrogens with zero attached hydrogens (tertiary/aromatic N) is 2. The highest BCUT2D eigenvalue weighted by atomic mass is 19.4. The van der Waals surface area contributed by atoms with E-state index in [9.17, 15) is 22.8 Å². The van der Waals surface area contributed by atoms with Gasteiger partial charge in [0.2, 0.25) is 0 Å². The molecule has 5 nitrogen and oxygen atoms in total. The van der Waals surface area contributed by atoms with Gasteiger partial charge in [0.1, 0.15) is 11.7 Å². The third-order valence-electron chi connectivity index (χ3n) is 4.38. The Kier molecular flexibility index (Phi) is 3.40. The lowest BCUT2D eigenvalue weighted by Crippen LogP contribution is -2.44. The number of aromatic nitrogens is 2. The number of aryl methyl sites for hydroxylation is 2. The van der Waals surface area contributed by atoms with E-state index in [1.54, 1.807) is 19.9 Å². The van der Waals surface area contributed by atoms with Crippen LogP contribution in [0.2, 0.25) is 0 Å². The molecule has 0 bridgehead atoms. The largest absolute Gasteiger partial charge is 0.400 e. The highest BCUT2D eigenvalue weighted by Crippen LogP contribution is 2.48. The van der Waals surface area contributed by atoms with Crippen molar-refractivity contribution in [2.75, 3.05) is 5.32 Å². The standard InChI is InChI=1S/C16H16F3N3O2/c1-7-5-8(2)12-9(6-7)11(16(17,18)19)10-13(20-12)21(3)15(24)22(4)14(10)23/h5-6,11,20H,1-4H3/t11-/m0/s1. The summed E-state index contributed by atoms with van der Waals surface area (Å²) >= 11 is 0. The fourth-order valence-electron chi connectivity index (χ4n) is 3.29. The summed E-state index contributed by atoms with van der Waals surface area (Å²) in [7, 11) is 2.52. The fourth-order valence-corrected chi connectivity index (χ4v) is 3.29. The van der Waals surface area contributed by atoms with Gasteiger partial charge in [-0.05, 0) is 25.0 Å². The van der Waals surface area contributed by atoms with E-state index in [0.29, 0.717) is 21.4 Å². The number of halogens is 3. The minimum absolute atomic E-state index is 0.00301. The first-order chi connectivity index (χ1) is 11.0. The molecule has 0 saturated heterocycles. The minimum atomic E-state index is -4.66. The van der Waals surface area contributed by atoms with Crippen molar-refractivity contribution in [3.05, 3.63) is 55.2 Å². The van der Waals surface area contributed by atoms with Gasteiger partial charge in [0.15, 0.2) is 0 Å². The van der Waals surface area contributed by atoms with Crippen LogP contribution in [0, 0.1) is 13.8 Å². The lowest BCUT2D eigenvalue weighted by molar-refractivity contribution is -0.141.